The van der Waals surface area contributed by atoms with Gasteiger partial charge in [0.15, 0.2) is 0 Å². The van der Waals surface area contributed by atoms with Gasteiger partial charge in [0.2, 0.25) is 0 Å². The fourth-order valence-electron chi connectivity index (χ4n) is 1.61. The van der Waals surface area contributed by atoms with E-state index >= 15 is 0 Å². The molecule has 6 nitrogen and oxygen atoms in total. The number of carbonyl (C=O) groups excluding carboxylic acids is 1. The van der Waals surface area contributed by atoms with Gasteiger partial charge in [-0.3, -0.25) is 14.9 Å². The first-order chi connectivity index (χ1) is 9.49. The van der Waals surface area contributed by atoms with E-state index in [-0.39, 0.29) is 11.6 Å². The van der Waals surface area contributed by atoms with Crippen LogP contribution in [0.15, 0.2) is 42.6 Å². The molecule has 0 saturated heterocycles. The molecule has 2 rings (SSSR count). The van der Waals surface area contributed by atoms with E-state index in [1.54, 1.807) is 13.1 Å². The summed E-state index contributed by atoms with van der Waals surface area (Å²) in [4.78, 5) is 27.5. The van der Waals surface area contributed by atoms with E-state index in [9.17, 15) is 14.9 Å². The highest BCUT2D eigenvalue weighted by Crippen LogP contribution is 2.20. The summed E-state index contributed by atoms with van der Waals surface area (Å²) < 4.78 is 0. The van der Waals surface area contributed by atoms with Crippen molar-refractivity contribution >= 4 is 28.9 Å². The molecule has 7 heteroatoms. The highest BCUT2D eigenvalue weighted by atomic mass is 35.5. The summed E-state index contributed by atoms with van der Waals surface area (Å²) >= 11 is 5.66. The topological polar surface area (TPSA) is 76.3 Å². The molecule has 0 fully saturated rings. The Morgan fingerprint density at radius 3 is 2.40 bits per heavy atom. The van der Waals surface area contributed by atoms with Gasteiger partial charge < -0.3 is 4.90 Å². The molecule has 1 amide bonds. The van der Waals surface area contributed by atoms with Crippen LogP contribution in [0, 0.1) is 10.1 Å². The summed E-state index contributed by atoms with van der Waals surface area (Å²) in [6.07, 6.45) is 1.38. The molecule has 0 aliphatic rings. The van der Waals surface area contributed by atoms with Gasteiger partial charge in [-0.1, -0.05) is 11.6 Å². The summed E-state index contributed by atoms with van der Waals surface area (Å²) in [5, 5.41) is 10.9. The maximum atomic E-state index is 12.2. The van der Waals surface area contributed by atoms with Crippen molar-refractivity contribution in [3.63, 3.8) is 0 Å². The first-order valence-corrected chi connectivity index (χ1v) is 6.01. The molecular formula is C13H10ClN3O3. The Kier molecular flexibility index (Phi) is 3.95. The third kappa shape index (κ3) is 2.92. The van der Waals surface area contributed by atoms with Crippen LogP contribution >= 0.6 is 11.6 Å². The zero-order chi connectivity index (χ0) is 14.7. The summed E-state index contributed by atoms with van der Waals surface area (Å²) in [5.41, 5.74) is 0.911. The summed E-state index contributed by atoms with van der Waals surface area (Å²) in [6.45, 7) is 0. The van der Waals surface area contributed by atoms with Crippen LogP contribution in [0.4, 0.5) is 11.4 Å². The standard InChI is InChI=1S/C13H10ClN3O3/c1-16(10-3-5-11(6-4-10)17(19)20)13(18)9-2-7-12(14)15-8-9/h2-8H,1H3. The van der Waals surface area contributed by atoms with E-state index < -0.39 is 4.92 Å². The van der Waals surface area contributed by atoms with Crippen LogP contribution in [-0.4, -0.2) is 22.9 Å². The number of nitro benzene ring substituents is 1. The number of rotatable bonds is 3. The van der Waals surface area contributed by atoms with Gasteiger partial charge in [-0.2, -0.15) is 0 Å². The smallest absolute Gasteiger partial charge is 0.269 e. The fourth-order valence-corrected chi connectivity index (χ4v) is 1.72. The number of amides is 1. The van der Waals surface area contributed by atoms with Crippen molar-refractivity contribution in [2.45, 2.75) is 0 Å². The normalized spacial score (nSPS) is 10.1. The molecule has 1 heterocycles. The number of hydrogen-bond acceptors (Lipinski definition) is 4. The van der Waals surface area contributed by atoms with E-state index in [1.807, 2.05) is 0 Å². The highest BCUT2D eigenvalue weighted by molar-refractivity contribution is 6.29. The largest absolute Gasteiger partial charge is 0.311 e. The summed E-state index contributed by atoms with van der Waals surface area (Å²) in [7, 11) is 1.58. The zero-order valence-corrected chi connectivity index (χ0v) is 11.2. The van der Waals surface area contributed by atoms with E-state index in [0.29, 0.717) is 16.4 Å². The summed E-state index contributed by atoms with van der Waals surface area (Å²) in [6, 6.07) is 8.81. The Morgan fingerprint density at radius 2 is 1.90 bits per heavy atom. The van der Waals surface area contributed by atoms with E-state index in [2.05, 4.69) is 4.98 Å². The van der Waals surface area contributed by atoms with Crippen LogP contribution in [0.25, 0.3) is 0 Å². The van der Waals surface area contributed by atoms with Gasteiger partial charge in [-0.15, -0.1) is 0 Å². The average Bonchev–Trinajstić information content (AvgIpc) is 2.46. The van der Waals surface area contributed by atoms with Gasteiger partial charge in [-0.05, 0) is 24.3 Å². The van der Waals surface area contributed by atoms with Crippen LogP contribution in [0.1, 0.15) is 10.4 Å². The lowest BCUT2D eigenvalue weighted by atomic mass is 10.2. The molecular weight excluding hydrogens is 282 g/mol. The molecule has 0 spiro atoms. The molecule has 2 aromatic rings. The molecule has 0 radical (unpaired) electrons. The van der Waals surface area contributed by atoms with E-state index in [0.717, 1.165) is 0 Å². The van der Waals surface area contributed by atoms with Gasteiger partial charge >= 0.3 is 0 Å². The van der Waals surface area contributed by atoms with E-state index in [1.165, 1.54) is 41.4 Å². The van der Waals surface area contributed by atoms with Crippen LogP contribution in [0.5, 0.6) is 0 Å². The quantitative estimate of drug-likeness (QED) is 0.495. The minimum Gasteiger partial charge on any atom is -0.311 e. The lowest BCUT2D eigenvalue weighted by molar-refractivity contribution is -0.384. The van der Waals surface area contributed by atoms with Gasteiger partial charge in [0, 0.05) is 31.1 Å². The van der Waals surface area contributed by atoms with Crippen molar-refractivity contribution in [2.75, 3.05) is 11.9 Å². The van der Waals surface area contributed by atoms with Gasteiger partial charge in [0.1, 0.15) is 5.15 Å². The number of halogens is 1. The van der Waals surface area contributed by atoms with Crippen molar-refractivity contribution in [2.24, 2.45) is 0 Å². The minimum atomic E-state index is -0.491. The van der Waals surface area contributed by atoms with Crippen molar-refractivity contribution in [1.82, 2.24) is 4.98 Å². The molecule has 20 heavy (non-hydrogen) atoms. The molecule has 102 valence electrons. The number of non-ortho nitro benzene ring substituents is 1. The first kappa shape index (κ1) is 14.0. The third-order valence-electron chi connectivity index (χ3n) is 2.73. The van der Waals surface area contributed by atoms with Crippen LogP contribution in [-0.2, 0) is 0 Å². The number of aromatic nitrogens is 1. The maximum Gasteiger partial charge on any atom is 0.269 e. The van der Waals surface area contributed by atoms with E-state index in [4.69, 9.17) is 11.6 Å². The first-order valence-electron chi connectivity index (χ1n) is 5.63. The Balaban J connectivity index is 2.22. The number of pyridine rings is 1. The fraction of sp³-hybridized carbons (Fsp3) is 0.0769. The average molecular weight is 292 g/mol. The van der Waals surface area contributed by atoms with Crippen molar-refractivity contribution in [1.29, 1.82) is 0 Å². The zero-order valence-electron chi connectivity index (χ0n) is 10.5. The van der Waals surface area contributed by atoms with Crippen molar-refractivity contribution in [3.05, 3.63) is 63.4 Å². The molecule has 0 bridgehead atoms. The van der Waals surface area contributed by atoms with Crippen molar-refractivity contribution in [3.8, 4) is 0 Å². The Labute approximate surface area is 119 Å². The van der Waals surface area contributed by atoms with Gasteiger partial charge in [0.05, 0.1) is 10.5 Å². The molecule has 0 saturated carbocycles. The second-order valence-electron chi connectivity index (χ2n) is 4.01. The molecule has 1 aromatic carbocycles. The highest BCUT2D eigenvalue weighted by Gasteiger charge is 2.15. The van der Waals surface area contributed by atoms with Crippen LogP contribution in [0.3, 0.4) is 0 Å². The summed E-state index contributed by atoms with van der Waals surface area (Å²) in [5.74, 6) is -0.275. The second kappa shape index (κ2) is 5.66. The Bertz CT molecular complexity index is 641. The molecule has 0 aliphatic heterocycles. The van der Waals surface area contributed by atoms with Crippen LogP contribution in [0.2, 0.25) is 5.15 Å². The number of carbonyl (C=O) groups is 1. The van der Waals surface area contributed by atoms with Gasteiger partial charge in [-0.25, -0.2) is 4.98 Å². The number of anilines is 1. The van der Waals surface area contributed by atoms with Crippen molar-refractivity contribution < 1.29 is 9.72 Å². The number of nitro groups is 1. The number of hydrogen-bond donors (Lipinski definition) is 0. The van der Waals surface area contributed by atoms with Crippen LogP contribution < -0.4 is 4.90 Å². The van der Waals surface area contributed by atoms with Gasteiger partial charge in [0.25, 0.3) is 11.6 Å². The number of benzene rings is 1. The molecule has 0 atom stereocenters. The monoisotopic (exact) mass is 291 g/mol. The molecule has 1 aromatic heterocycles. The third-order valence-corrected chi connectivity index (χ3v) is 2.95. The lowest BCUT2D eigenvalue weighted by Crippen LogP contribution is -2.26. The number of nitrogens with zero attached hydrogens (tertiary/aromatic N) is 3. The lowest BCUT2D eigenvalue weighted by Gasteiger charge is -2.17. The molecule has 0 N–H and O–H groups in total. The Morgan fingerprint density at radius 1 is 1.25 bits per heavy atom. The predicted octanol–water partition coefficient (Wildman–Crippen LogP) is 2.92. The molecule has 0 aliphatic carbocycles. The Hall–Kier alpha value is -2.47. The minimum absolute atomic E-state index is 0.0252. The molecule has 0 unspecified atom stereocenters. The predicted molar refractivity (Wildman–Crippen MR) is 75.1 cm³/mol. The SMILES string of the molecule is CN(C(=O)c1ccc(Cl)nc1)c1ccc([N+](=O)[O-])cc1. The second-order valence-corrected chi connectivity index (χ2v) is 4.39. The maximum absolute atomic E-state index is 12.2.